The lowest BCUT2D eigenvalue weighted by Gasteiger charge is -2.01. The summed E-state index contributed by atoms with van der Waals surface area (Å²) in [5, 5.41) is 17.9. The highest BCUT2D eigenvalue weighted by atomic mass is 16.4. The predicted molar refractivity (Wildman–Crippen MR) is 61.4 cm³/mol. The lowest BCUT2D eigenvalue weighted by Crippen LogP contribution is -2.29. The molecule has 0 aromatic heterocycles. The van der Waals surface area contributed by atoms with E-state index in [4.69, 9.17) is 10.0 Å². The first-order valence-electron chi connectivity index (χ1n) is 4.85. The van der Waals surface area contributed by atoms with Gasteiger partial charge in [0.1, 0.15) is 0 Å². The van der Waals surface area contributed by atoms with Gasteiger partial charge in [-0.1, -0.05) is 24.3 Å². The summed E-state index contributed by atoms with van der Waals surface area (Å²) in [5.74, 6) is 0. The van der Waals surface area contributed by atoms with Gasteiger partial charge in [-0.05, 0) is 29.6 Å². The Morgan fingerprint density at radius 2 is 1.87 bits per heavy atom. The van der Waals surface area contributed by atoms with E-state index in [-0.39, 0.29) is 0 Å². The van der Waals surface area contributed by atoms with E-state index < -0.39 is 7.12 Å². The SMILES string of the molecule is CC1=CC(c2ccc(B(O)O)cc2)=NC1. The number of hydrogen-bond acceptors (Lipinski definition) is 3. The average Bonchev–Trinajstić information content (AvgIpc) is 2.65. The minimum atomic E-state index is -1.40. The van der Waals surface area contributed by atoms with Crippen molar-refractivity contribution in [3.05, 3.63) is 41.5 Å². The highest BCUT2D eigenvalue weighted by molar-refractivity contribution is 6.58. The lowest BCUT2D eigenvalue weighted by atomic mass is 9.80. The normalized spacial score (nSPS) is 14.9. The van der Waals surface area contributed by atoms with Crippen LogP contribution in [-0.2, 0) is 0 Å². The van der Waals surface area contributed by atoms with Crippen molar-refractivity contribution < 1.29 is 10.0 Å². The van der Waals surface area contributed by atoms with Gasteiger partial charge in [-0.3, -0.25) is 4.99 Å². The van der Waals surface area contributed by atoms with Crippen LogP contribution in [0.2, 0.25) is 0 Å². The molecule has 1 aliphatic heterocycles. The zero-order valence-corrected chi connectivity index (χ0v) is 8.51. The van der Waals surface area contributed by atoms with Crippen LogP contribution in [0.15, 0.2) is 40.9 Å². The zero-order valence-electron chi connectivity index (χ0n) is 8.51. The van der Waals surface area contributed by atoms with Crippen LogP contribution in [0.5, 0.6) is 0 Å². The molecule has 1 aromatic rings. The van der Waals surface area contributed by atoms with Crippen LogP contribution >= 0.6 is 0 Å². The molecule has 15 heavy (non-hydrogen) atoms. The van der Waals surface area contributed by atoms with Crippen molar-refractivity contribution in [1.82, 2.24) is 0 Å². The predicted octanol–water partition coefficient (Wildman–Crippen LogP) is 0.115. The molecule has 0 bridgehead atoms. The van der Waals surface area contributed by atoms with Crippen LogP contribution in [0.4, 0.5) is 0 Å². The van der Waals surface area contributed by atoms with E-state index in [1.54, 1.807) is 12.1 Å². The highest BCUT2D eigenvalue weighted by Gasteiger charge is 2.11. The van der Waals surface area contributed by atoms with E-state index in [0.29, 0.717) is 5.46 Å². The fraction of sp³-hybridized carbons (Fsp3) is 0.182. The monoisotopic (exact) mass is 201 g/mol. The van der Waals surface area contributed by atoms with Gasteiger partial charge in [0.2, 0.25) is 0 Å². The van der Waals surface area contributed by atoms with Gasteiger partial charge in [0.25, 0.3) is 0 Å². The van der Waals surface area contributed by atoms with Crippen molar-refractivity contribution in [2.45, 2.75) is 6.92 Å². The third kappa shape index (κ3) is 2.17. The summed E-state index contributed by atoms with van der Waals surface area (Å²) >= 11 is 0. The van der Waals surface area contributed by atoms with E-state index in [2.05, 4.69) is 4.99 Å². The second kappa shape index (κ2) is 4.00. The standard InChI is InChI=1S/C11H12BNO2/c1-8-6-11(13-7-8)9-2-4-10(5-3-9)12(14)15/h2-6,14-15H,7H2,1H3. The van der Waals surface area contributed by atoms with Crippen molar-refractivity contribution in [3.8, 4) is 0 Å². The molecule has 0 saturated heterocycles. The van der Waals surface area contributed by atoms with Crippen molar-refractivity contribution in [3.63, 3.8) is 0 Å². The van der Waals surface area contributed by atoms with Gasteiger partial charge in [-0.25, -0.2) is 0 Å². The Morgan fingerprint density at radius 3 is 2.33 bits per heavy atom. The quantitative estimate of drug-likeness (QED) is 0.667. The molecule has 1 heterocycles. The Kier molecular flexibility index (Phi) is 2.71. The Labute approximate surface area is 88.9 Å². The number of benzene rings is 1. The zero-order chi connectivity index (χ0) is 10.8. The number of aliphatic imine (C=N–C) groups is 1. The molecule has 0 amide bonds. The molecule has 1 aromatic carbocycles. The first-order valence-corrected chi connectivity index (χ1v) is 4.85. The molecule has 0 atom stereocenters. The Bertz CT molecular complexity index is 421. The summed E-state index contributed by atoms with van der Waals surface area (Å²) in [5.41, 5.74) is 3.72. The topological polar surface area (TPSA) is 52.8 Å². The molecule has 0 radical (unpaired) electrons. The molecule has 1 aliphatic rings. The summed E-state index contributed by atoms with van der Waals surface area (Å²) < 4.78 is 0. The molecule has 0 saturated carbocycles. The van der Waals surface area contributed by atoms with Gasteiger partial charge < -0.3 is 10.0 Å². The summed E-state index contributed by atoms with van der Waals surface area (Å²) in [6, 6.07) is 7.10. The third-order valence-corrected chi connectivity index (χ3v) is 2.39. The van der Waals surface area contributed by atoms with Crippen LogP contribution in [0.3, 0.4) is 0 Å². The number of allylic oxidation sites excluding steroid dienone is 1. The largest absolute Gasteiger partial charge is 0.488 e. The first-order chi connectivity index (χ1) is 7.16. The van der Waals surface area contributed by atoms with Crippen molar-refractivity contribution in [2.24, 2.45) is 4.99 Å². The van der Waals surface area contributed by atoms with Crippen molar-refractivity contribution in [2.75, 3.05) is 6.54 Å². The number of rotatable bonds is 2. The van der Waals surface area contributed by atoms with Gasteiger partial charge in [0, 0.05) is 0 Å². The fourth-order valence-corrected chi connectivity index (χ4v) is 1.54. The molecule has 2 N–H and O–H groups in total. The highest BCUT2D eigenvalue weighted by Crippen LogP contribution is 2.10. The van der Waals surface area contributed by atoms with Crippen molar-refractivity contribution in [1.29, 1.82) is 0 Å². The van der Waals surface area contributed by atoms with E-state index in [9.17, 15) is 0 Å². The maximum Gasteiger partial charge on any atom is 0.488 e. The average molecular weight is 201 g/mol. The smallest absolute Gasteiger partial charge is 0.423 e. The van der Waals surface area contributed by atoms with Crippen LogP contribution in [0, 0.1) is 0 Å². The van der Waals surface area contributed by atoms with Crippen LogP contribution < -0.4 is 5.46 Å². The Balaban J connectivity index is 2.25. The van der Waals surface area contributed by atoms with Crippen LogP contribution in [0.25, 0.3) is 0 Å². The molecule has 2 rings (SSSR count). The van der Waals surface area contributed by atoms with Crippen LogP contribution in [-0.4, -0.2) is 29.4 Å². The minimum absolute atomic E-state index is 0.498. The van der Waals surface area contributed by atoms with Gasteiger partial charge in [-0.2, -0.15) is 0 Å². The van der Waals surface area contributed by atoms with E-state index in [0.717, 1.165) is 17.8 Å². The molecule has 76 valence electrons. The van der Waals surface area contributed by atoms with E-state index in [1.807, 2.05) is 25.1 Å². The lowest BCUT2D eigenvalue weighted by molar-refractivity contribution is 0.426. The molecular weight excluding hydrogens is 189 g/mol. The molecule has 4 heteroatoms. The summed E-state index contributed by atoms with van der Waals surface area (Å²) in [6.07, 6.45) is 2.05. The molecule has 0 spiro atoms. The van der Waals surface area contributed by atoms with Crippen LogP contribution in [0.1, 0.15) is 12.5 Å². The van der Waals surface area contributed by atoms with E-state index >= 15 is 0 Å². The summed E-state index contributed by atoms with van der Waals surface area (Å²) in [4.78, 5) is 4.36. The maximum absolute atomic E-state index is 8.94. The van der Waals surface area contributed by atoms with E-state index in [1.165, 1.54) is 5.57 Å². The molecule has 3 nitrogen and oxygen atoms in total. The summed E-state index contributed by atoms with van der Waals surface area (Å²) in [7, 11) is -1.40. The van der Waals surface area contributed by atoms with Gasteiger partial charge in [-0.15, -0.1) is 0 Å². The maximum atomic E-state index is 8.94. The van der Waals surface area contributed by atoms with Gasteiger partial charge >= 0.3 is 7.12 Å². The second-order valence-electron chi connectivity index (χ2n) is 3.69. The summed E-state index contributed by atoms with van der Waals surface area (Å²) in [6.45, 7) is 2.81. The van der Waals surface area contributed by atoms with Gasteiger partial charge in [0.05, 0.1) is 12.3 Å². The first kappa shape index (κ1) is 10.1. The molecular formula is C11H12BNO2. The van der Waals surface area contributed by atoms with Crippen molar-refractivity contribution >= 4 is 18.3 Å². The van der Waals surface area contributed by atoms with Gasteiger partial charge in [0.15, 0.2) is 0 Å². The third-order valence-electron chi connectivity index (χ3n) is 2.39. The molecule has 0 unspecified atom stereocenters. The Hall–Kier alpha value is -1.39. The molecule has 0 fully saturated rings. The second-order valence-corrected chi connectivity index (χ2v) is 3.69. The number of hydrogen-bond donors (Lipinski definition) is 2. The minimum Gasteiger partial charge on any atom is -0.423 e. The fourth-order valence-electron chi connectivity index (χ4n) is 1.54. The molecule has 0 aliphatic carbocycles. The number of nitrogens with zero attached hydrogens (tertiary/aromatic N) is 1. The Morgan fingerprint density at radius 1 is 1.20 bits per heavy atom.